The topological polar surface area (TPSA) is 96.8 Å². The fourth-order valence-electron chi connectivity index (χ4n) is 4.21. The van der Waals surface area contributed by atoms with Gasteiger partial charge in [0, 0.05) is 18.5 Å². The van der Waals surface area contributed by atoms with Crippen molar-refractivity contribution in [3.8, 4) is 23.1 Å². The number of ether oxygens (including phenoxy) is 2. The van der Waals surface area contributed by atoms with Crippen LogP contribution in [-0.2, 0) is 11.2 Å². The fourth-order valence-corrected chi connectivity index (χ4v) is 4.62. The first-order valence-corrected chi connectivity index (χ1v) is 10.9. The van der Waals surface area contributed by atoms with Crippen molar-refractivity contribution in [2.24, 2.45) is 0 Å². The van der Waals surface area contributed by atoms with Crippen LogP contribution in [0.4, 0.5) is 0 Å². The van der Waals surface area contributed by atoms with Crippen molar-refractivity contribution in [3.63, 3.8) is 0 Å². The third-order valence-corrected chi connectivity index (χ3v) is 6.29. The van der Waals surface area contributed by atoms with Gasteiger partial charge in [-0.2, -0.15) is 0 Å². The van der Waals surface area contributed by atoms with E-state index in [1.165, 1.54) is 18.6 Å². The number of methoxy groups -OCH3 is 2. The molecule has 0 radical (unpaired) electrons. The zero-order chi connectivity index (χ0) is 23.9. The maximum Gasteiger partial charge on any atom is 0.261 e. The van der Waals surface area contributed by atoms with Crippen LogP contribution in [-0.4, -0.2) is 46.2 Å². The minimum absolute atomic E-state index is 0.00178. The molecule has 1 unspecified atom stereocenters. The van der Waals surface area contributed by atoms with Gasteiger partial charge in [-0.15, -0.1) is 0 Å². The smallest absolute Gasteiger partial charge is 0.261 e. The van der Waals surface area contributed by atoms with Gasteiger partial charge >= 0.3 is 0 Å². The van der Waals surface area contributed by atoms with Crippen molar-refractivity contribution in [2.45, 2.75) is 19.4 Å². The highest BCUT2D eigenvalue weighted by atomic mass is 35.5. The Morgan fingerprint density at radius 2 is 1.82 bits per heavy atom. The number of aromatic amines is 1. The lowest BCUT2D eigenvalue weighted by Gasteiger charge is -2.37. The number of fused-ring (bicyclic) bond motifs is 1. The van der Waals surface area contributed by atoms with Crippen LogP contribution in [0, 0.1) is 4.77 Å². The number of aromatic hydroxyl groups is 1. The maximum absolute atomic E-state index is 13.1. The molecular weight excluding hydrogens is 466 g/mol. The number of carbonyl (C=O) groups excluding carboxylic acids is 1. The van der Waals surface area contributed by atoms with Gasteiger partial charge in [-0.25, -0.2) is 0 Å². The van der Waals surface area contributed by atoms with Crippen LogP contribution in [0.5, 0.6) is 17.4 Å². The minimum atomic E-state index is -0.857. The van der Waals surface area contributed by atoms with E-state index in [4.69, 9.17) is 33.3 Å². The average Bonchev–Trinajstić information content (AvgIpc) is 2.78. The quantitative estimate of drug-likeness (QED) is 0.544. The number of benzene rings is 2. The fraction of sp³-hybridized carbons (Fsp3) is 0.261. The first kappa shape index (κ1) is 22.9. The summed E-state index contributed by atoms with van der Waals surface area (Å²) in [7, 11) is 3.05. The summed E-state index contributed by atoms with van der Waals surface area (Å²) in [5, 5.41) is 11.8. The first-order valence-electron chi connectivity index (χ1n) is 10.1. The van der Waals surface area contributed by atoms with Crippen LogP contribution in [0.3, 0.4) is 0 Å². The molecule has 2 aromatic carbocycles. The molecule has 0 saturated carbocycles. The maximum atomic E-state index is 13.1. The lowest BCUT2D eigenvalue weighted by molar-refractivity contribution is -0.130. The second-order valence-electron chi connectivity index (χ2n) is 7.58. The van der Waals surface area contributed by atoms with Crippen LogP contribution in [0.1, 0.15) is 29.7 Å². The Hall–Kier alpha value is -3.30. The zero-order valence-corrected chi connectivity index (χ0v) is 19.8. The number of hydrogen-bond acceptors (Lipinski definition) is 6. The summed E-state index contributed by atoms with van der Waals surface area (Å²) >= 11 is 11.3. The predicted octanol–water partition coefficient (Wildman–Crippen LogP) is 3.77. The van der Waals surface area contributed by atoms with Crippen molar-refractivity contribution in [1.29, 1.82) is 0 Å². The number of nitrogens with zero attached hydrogens (tertiary/aromatic N) is 2. The van der Waals surface area contributed by atoms with E-state index in [0.29, 0.717) is 40.7 Å². The third-order valence-electron chi connectivity index (χ3n) is 5.76. The van der Waals surface area contributed by atoms with Crippen LogP contribution in [0.15, 0.2) is 41.2 Å². The lowest BCUT2D eigenvalue weighted by atomic mass is 9.88. The summed E-state index contributed by atoms with van der Waals surface area (Å²) in [4.78, 5) is 29.9. The van der Waals surface area contributed by atoms with Crippen LogP contribution < -0.4 is 15.0 Å². The molecule has 0 fully saturated rings. The van der Waals surface area contributed by atoms with E-state index in [-0.39, 0.29) is 22.1 Å². The van der Waals surface area contributed by atoms with Gasteiger partial charge in [0.05, 0.1) is 25.9 Å². The first-order chi connectivity index (χ1) is 15.8. The summed E-state index contributed by atoms with van der Waals surface area (Å²) in [6.45, 7) is 1.79. The highest BCUT2D eigenvalue weighted by Crippen LogP contribution is 2.42. The van der Waals surface area contributed by atoms with Crippen molar-refractivity contribution < 1.29 is 19.4 Å². The molecule has 1 amide bonds. The van der Waals surface area contributed by atoms with Gasteiger partial charge in [-0.05, 0) is 66.2 Å². The lowest BCUT2D eigenvalue weighted by Crippen LogP contribution is -2.42. The number of hydrogen-bond donors (Lipinski definition) is 2. The summed E-state index contributed by atoms with van der Waals surface area (Å²) in [5.74, 6) is 0.402. The molecule has 0 spiro atoms. The zero-order valence-electron chi connectivity index (χ0n) is 18.2. The number of carbonyl (C=O) groups is 1. The van der Waals surface area contributed by atoms with Gasteiger partial charge in [0.15, 0.2) is 16.3 Å². The monoisotopic (exact) mass is 487 g/mol. The molecule has 172 valence electrons. The minimum Gasteiger partial charge on any atom is -0.494 e. The van der Waals surface area contributed by atoms with Crippen LogP contribution >= 0.6 is 23.8 Å². The predicted molar refractivity (Wildman–Crippen MR) is 126 cm³/mol. The van der Waals surface area contributed by atoms with Crippen molar-refractivity contribution in [1.82, 2.24) is 14.5 Å². The molecule has 10 heteroatoms. The molecule has 1 aromatic heterocycles. The summed E-state index contributed by atoms with van der Waals surface area (Å²) in [5.41, 5.74) is 1.48. The number of halogens is 1. The van der Waals surface area contributed by atoms with Gasteiger partial charge in [0.25, 0.3) is 5.56 Å². The van der Waals surface area contributed by atoms with Crippen molar-refractivity contribution >= 4 is 29.7 Å². The number of amides is 1. The van der Waals surface area contributed by atoms with Crippen LogP contribution in [0.25, 0.3) is 5.69 Å². The molecule has 33 heavy (non-hydrogen) atoms. The average molecular weight is 488 g/mol. The van der Waals surface area contributed by atoms with Gasteiger partial charge < -0.3 is 19.5 Å². The normalized spacial score (nSPS) is 15.2. The van der Waals surface area contributed by atoms with E-state index in [0.717, 1.165) is 5.56 Å². The molecule has 2 heterocycles. The van der Waals surface area contributed by atoms with Crippen molar-refractivity contribution in [2.75, 3.05) is 20.8 Å². The Bertz CT molecular complexity index is 1350. The molecule has 0 bridgehead atoms. The van der Waals surface area contributed by atoms with Gasteiger partial charge in [0.2, 0.25) is 11.8 Å². The summed E-state index contributed by atoms with van der Waals surface area (Å²) in [6, 6.07) is 9.36. The summed E-state index contributed by atoms with van der Waals surface area (Å²) < 4.78 is 12.2. The molecule has 3 aromatic rings. The van der Waals surface area contributed by atoms with Gasteiger partial charge in [-0.3, -0.25) is 19.1 Å². The number of rotatable bonds is 4. The second-order valence-corrected chi connectivity index (χ2v) is 8.40. The number of nitrogens with one attached hydrogen (secondary N) is 1. The van der Waals surface area contributed by atoms with Crippen LogP contribution in [0.2, 0.25) is 5.02 Å². The molecule has 8 nitrogen and oxygen atoms in total. The summed E-state index contributed by atoms with van der Waals surface area (Å²) in [6.07, 6.45) is 0.556. The number of aromatic nitrogens is 2. The van der Waals surface area contributed by atoms with E-state index in [9.17, 15) is 14.7 Å². The Labute approximate surface area is 200 Å². The van der Waals surface area contributed by atoms with E-state index in [1.807, 2.05) is 6.07 Å². The molecule has 2 N–H and O–H groups in total. The number of H-pyrrole nitrogens is 1. The SMILES string of the molecule is COc1cc2c(cc1OC)C(c1c(O)n(-c3ccc(Cl)cc3)c(=S)[nH]c1=O)N(C(C)=O)CC2. The Balaban J connectivity index is 2.02. The van der Waals surface area contributed by atoms with Gasteiger partial charge in [-0.1, -0.05) is 11.6 Å². The van der Waals surface area contributed by atoms with E-state index in [1.54, 1.807) is 42.3 Å². The largest absolute Gasteiger partial charge is 0.494 e. The van der Waals surface area contributed by atoms with E-state index < -0.39 is 11.6 Å². The molecule has 1 aliphatic rings. The molecule has 1 atom stereocenters. The second kappa shape index (κ2) is 8.92. The molecular formula is C23H22ClN3O5S. The van der Waals surface area contributed by atoms with Crippen molar-refractivity contribution in [3.05, 3.63) is 73.2 Å². The van der Waals surface area contributed by atoms with E-state index >= 15 is 0 Å². The molecule has 4 rings (SSSR count). The Morgan fingerprint density at radius 3 is 2.42 bits per heavy atom. The van der Waals surface area contributed by atoms with Gasteiger partial charge in [0.1, 0.15) is 5.56 Å². The highest BCUT2D eigenvalue weighted by Gasteiger charge is 2.36. The Kier molecular flexibility index (Phi) is 6.18. The third kappa shape index (κ3) is 3.98. The van der Waals surface area contributed by atoms with E-state index in [2.05, 4.69) is 4.98 Å². The molecule has 0 saturated heterocycles. The molecule has 1 aliphatic heterocycles. The highest BCUT2D eigenvalue weighted by molar-refractivity contribution is 7.71. The Morgan fingerprint density at radius 1 is 1.18 bits per heavy atom. The molecule has 0 aliphatic carbocycles. The standard InChI is InChI=1S/C23H22ClN3O5S/c1-12(28)26-9-8-13-10-17(31-2)18(32-3)11-16(13)20(26)19-21(29)25-23(33)27(22(19)30)15-6-4-14(24)5-7-15/h4-7,10-11,20,30H,8-9H2,1-3H3,(H,25,29,33).